The molecule has 1 rings (SSSR count). The van der Waals surface area contributed by atoms with Crippen molar-refractivity contribution in [3.8, 4) is 12.1 Å². The third kappa shape index (κ3) is 0.845. The summed E-state index contributed by atoms with van der Waals surface area (Å²) in [5, 5.41) is 17.1. The van der Waals surface area contributed by atoms with Crippen molar-refractivity contribution in [1.29, 1.82) is 5.26 Å². The first kappa shape index (κ1) is 6.36. The van der Waals surface area contributed by atoms with Crippen molar-refractivity contribution < 1.29 is 5.11 Å². The van der Waals surface area contributed by atoms with E-state index in [1.807, 2.05) is 0 Å². The highest BCUT2D eigenvalue weighted by Crippen LogP contribution is 2.00. The Morgan fingerprint density at radius 2 is 2.30 bits per heavy atom. The van der Waals surface area contributed by atoms with Crippen LogP contribution in [0.4, 0.5) is 0 Å². The van der Waals surface area contributed by atoms with Crippen LogP contribution in [0, 0.1) is 11.5 Å². The predicted molar refractivity (Wildman–Crippen MR) is 33.4 cm³/mol. The lowest BCUT2D eigenvalue weighted by Gasteiger charge is -1.93. The van der Waals surface area contributed by atoms with Crippen LogP contribution in [0.15, 0.2) is 23.0 Å². The van der Waals surface area contributed by atoms with Crippen LogP contribution in [0.2, 0.25) is 0 Å². The molecule has 0 saturated heterocycles. The van der Waals surface area contributed by atoms with Gasteiger partial charge in [0.05, 0.1) is 0 Å². The van der Waals surface area contributed by atoms with Crippen molar-refractivity contribution in [2.24, 2.45) is 0 Å². The molecule has 0 aliphatic carbocycles. The molecule has 0 aromatic carbocycles. The lowest BCUT2D eigenvalue weighted by atomic mass is 10.5. The van der Waals surface area contributed by atoms with Crippen LogP contribution in [0.3, 0.4) is 0 Å². The van der Waals surface area contributed by atoms with E-state index in [-0.39, 0.29) is 5.88 Å². The van der Waals surface area contributed by atoms with Gasteiger partial charge in [-0.3, -0.25) is 4.79 Å². The fourth-order valence-corrected chi connectivity index (χ4v) is 0.579. The summed E-state index contributed by atoms with van der Waals surface area (Å²) in [6.07, 6.45) is 1.52. The van der Waals surface area contributed by atoms with Gasteiger partial charge in [0.15, 0.2) is 6.19 Å². The second kappa shape index (κ2) is 2.23. The maximum Gasteiger partial charge on any atom is 0.266 e. The fourth-order valence-electron chi connectivity index (χ4n) is 0.579. The van der Waals surface area contributed by atoms with Gasteiger partial charge in [0.1, 0.15) is 0 Å². The van der Waals surface area contributed by atoms with Crippen molar-refractivity contribution in [2.45, 2.75) is 0 Å². The van der Waals surface area contributed by atoms with Crippen LogP contribution in [-0.4, -0.2) is 9.67 Å². The summed E-state index contributed by atoms with van der Waals surface area (Å²) in [5.74, 6) is -0.338. The molecule has 0 aliphatic heterocycles. The number of aromatic hydroxyl groups is 1. The number of aromatic nitrogens is 1. The quantitative estimate of drug-likeness (QED) is 0.540. The molecular weight excluding hydrogens is 132 g/mol. The van der Waals surface area contributed by atoms with Gasteiger partial charge in [-0.25, -0.2) is 0 Å². The zero-order valence-electron chi connectivity index (χ0n) is 4.98. The molecule has 1 aromatic rings. The smallest absolute Gasteiger partial charge is 0.266 e. The zero-order chi connectivity index (χ0) is 7.56. The Bertz CT molecular complexity index is 334. The summed E-state index contributed by atoms with van der Waals surface area (Å²) in [4.78, 5) is 10.7. The Hall–Kier alpha value is -1.76. The van der Waals surface area contributed by atoms with Crippen molar-refractivity contribution in [3.05, 3.63) is 28.6 Å². The first-order chi connectivity index (χ1) is 4.75. The van der Waals surface area contributed by atoms with Crippen LogP contribution >= 0.6 is 0 Å². The number of pyridine rings is 1. The first-order valence-corrected chi connectivity index (χ1v) is 2.57. The van der Waals surface area contributed by atoms with Crippen LogP contribution < -0.4 is 5.56 Å². The maximum atomic E-state index is 10.7. The second-order valence-electron chi connectivity index (χ2n) is 1.66. The van der Waals surface area contributed by atoms with Gasteiger partial charge >= 0.3 is 0 Å². The van der Waals surface area contributed by atoms with Crippen LogP contribution in [0.5, 0.6) is 5.88 Å². The Kier molecular flexibility index (Phi) is 1.42. The molecule has 1 aromatic heterocycles. The molecule has 10 heavy (non-hydrogen) atoms. The Morgan fingerprint density at radius 1 is 1.60 bits per heavy atom. The van der Waals surface area contributed by atoms with Crippen molar-refractivity contribution in [2.75, 3.05) is 0 Å². The Labute approximate surface area is 56.6 Å². The molecule has 0 saturated carbocycles. The third-order valence-corrected chi connectivity index (χ3v) is 1.03. The van der Waals surface area contributed by atoms with Gasteiger partial charge in [-0.2, -0.15) is 9.83 Å². The molecule has 0 bridgehead atoms. The van der Waals surface area contributed by atoms with Gasteiger partial charge in [0.25, 0.3) is 5.56 Å². The van der Waals surface area contributed by atoms with E-state index in [9.17, 15) is 4.79 Å². The largest absolute Gasteiger partial charge is 0.494 e. The number of hydrogen-bond donors (Lipinski definition) is 1. The monoisotopic (exact) mass is 136 g/mol. The van der Waals surface area contributed by atoms with Crippen molar-refractivity contribution in [3.63, 3.8) is 0 Å². The topological polar surface area (TPSA) is 66.0 Å². The molecule has 50 valence electrons. The molecule has 4 heteroatoms. The van der Waals surface area contributed by atoms with Gasteiger partial charge < -0.3 is 5.11 Å². The molecule has 0 aliphatic rings. The highest BCUT2D eigenvalue weighted by atomic mass is 16.3. The maximum absolute atomic E-state index is 10.7. The van der Waals surface area contributed by atoms with Gasteiger partial charge in [-0.15, -0.1) is 0 Å². The van der Waals surface area contributed by atoms with Crippen LogP contribution in [0.25, 0.3) is 0 Å². The predicted octanol–water partition coefficient (Wildman–Crippen LogP) is -0.117. The minimum absolute atomic E-state index is 0.338. The summed E-state index contributed by atoms with van der Waals surface area (Å²) in [5.41, 5.74) is -0.525. The molecule has 4 nitrogen and oxygen atoms in total. The van der Waals surface area contributed by atoms with Gasteiger partial charge in [-0.05, 0) is 6.07 Å². The summed E-state index contributed by atoms with van der Waals surface area (Å²) < 4.78 is 0.597. The SMILES string of the molecule is N#Cn1c(O)cccc1=O. The van der Waals surface area contributed by atoms with Crippen molar-refractivity contribution in [1.82, 2.24) is 4.57 Å². The van der Waals surface area contributed by atoms with Crippen LogP contribution in [-0.2, 0) is 0 Å². The van der Waals surface area contributed by atoms with Gasteiger partial charge in [0, 0.05) is 6.07 Å². The molecule has 0 fully saturated rings. The molecular formula is C6H4N2O2. The zero-order valence-corrected chi connectivity index (χ0v) is 4.98. The van der Waals surface area contributed by atoms with E-state index >= 15 is 0 Å². The summed E-state index contributed by atoms with van der Waals surface area (Å²) in [6, 6.07) is 3.85. The summed E-state index contributed by atoms with van der Waals surface area (Å²) in [7, 11) is 0. The number of rotatable bonds is 0. The molecule has 1 N–H and O–H groups in total. The van der Waals surface area contributed by atoms with E-state index in [2.05, 4.69) is 0 Å². The van der Waals surface area contributed by atoms with Crippen molar-refractivity contribution >= 4 is 0 Å². The minimum atomic E-state index is -0.525. The molecule has 0 atom stereocenters. The number of nitrogens with zero attached hydrogens (tertiary/aromatic N) is 2. The van der Waals surface area contributed by atoms with E-state index in [1.165, 1.54) is 24.4 Å². The van der Waals surface area contributed by atoms with Crippen LogP contribution in [0.1, 0.15) is 0 Å². The average Bonchev–Trinajstić information content (AvgIpc) is 1.88. The minimum Gasteiger partial charge on any atom is -0.494 e. The number of nitriles is 1. The normalized spacial score (nSPS) is 8.70. The highest BCUT2D eigenvalue weighted by molar-refractivity contribution is 5.14. The van der Waals surface area contributed by atoms with E-state index in [1.54, 1.807) is 0 Å². The lowest BCUT2D eigenvalue weighted by molar-refractivity contribution is 0.437. The van der Waals surface area contributed by atoms with Gasteiger partial charge in [-0.1, -0.05) is 6.07 Å². The lowest BCUT2D eigenvalue weighted by Crippen LogP contribution is -2.13. The van der Waals surface area contributed by atoms with E-state index < -0.39 is 5.56 Å². The Morgan fingerprint density at radius 3 is 2.70 bits per heavy atom. The number of hydrogen-bond acceptors (Lipinski definition) is 3. The van der Waals surface area contributed by atoms with Gasteiger partial charge in [0.2, 0.25) is 5.88 Å². The average molecular weight is 136 g/mol. The van der Waals surface area contributed by atoms with E-state index in [4.69, 9.17) is 10.4 Å². The second-order valence-corrected chi connectivity index (χ2v) is 1.66. The Balaban J connectivity index is 3.50. The van der Waals surface area contributed by atoms with E-state index in [0.717, 1.165) is 0 Å². The standard InChI is InChI=1S/C6H4N2O2/c7-4-8-5(9)2-1-3-6(8)10/h1-3,9H. The fraction of sp³-hybridized carbons (Fsp3) is 0. The first-order valence-electron chi connectivity index (χ1n) is 2.57. The molecule has 1 heterocycles. The molecule has 0 radical (unpaired) electrons. The molecule has 0 spiro atoms. The summed E-state index contributed by atoms with van der Waals surface area (Å²) in [6.45, 7) is 0. The molecule has 0 amide bonds. The van der Waals surface area contributed by atoms with E-state index in [0.29, 0.717) is 4.57 Å². The highest BCUT2D eigenvalue weighted by Gasteiger charge is 1.96. The molecule has 0 unspecified atom stereocenters. The third-order valence-electron chi connectivity index (χ3n) is 1.03. The summed E-state index contributed by atoms with van der Waals surface area (Å²) >= 11 is 0.